The molecule has 0 amide bonds. The van der Waals surface area contributed by atoms with E-state index in [4.69, 9.17) is 5.73 Å². The van der Waals surface area contributed by atoms with Crippen molar-refractivity contribution in [1.82, 2.24) is 19.7 Å². The van der Waals surface area contributed by atoms with Crippen LogP contribution in [0.15, 0.2) is 12.3 Å². The minimum atomic E-state index is 0.593. The number of fused-ring (bicyclic) bond motifs is 3. The molecule has 3 aromatic heterocycles. The smallest absolute Gasteiger partial charge is 0.183 e. The second kappa shape index (κ2) is 4.28. The third kappa shape index (κ3) is 1.71. The van der Waals surface area contributed by atoms with Crippen molar-refractivity contribution in [2.75, 3.05) is 5.73 Å². The Morgan fingerprint density at radius 1 is 1.25 bits per heavy atom. The number of aromatic nitrogens is 4. The highest BCUT2D eigenvalue weighted by Gasteiger charge is 2.20. The van der Waals surface area contributed by atoms with Crippen molar-refractivity contribution >= 4 is 27.4 Å². The van der Waals surface area contributed by atoms with Crippen LogP contribution in [-0.4, -0.2) is 19.7 Å². The Morgan fingerprint density at radius 3 is 2.90 bits per heavy atom. The molecule has 1 aliphatic carbocycles. The van der Waals surface area contributed by atoms with Crippen molar-refractivity contribution in [2.45, 2.75) is 25.7 Å². The molecule has 102 valence electrons. The summed E-state index contributed by atoms with van der Waals surface area (Å²) in [5.74, 6) is 1.21. The Kier molecular flexibility index (Phi) is 2.53. The first-order valence-corrected chi connectivity index (χ1v) is 7.62. The summed E-state index contributed by atoms with van der Waals surface area (Å²) < 4.78 is 1.75. The first-order chi connectivity index (χ1) is 9.72. The van der Waals surface area contributed by atoms with Crippen molar-refractivity contribution in [3.63, 3.8) is 0 Å². The molecule has 3 heterocycles. The lowest BCUT2D eigenvalue weighted by Gasteiger charge is -2.10. The van der Waals surface area contributed by atoms with Gasteiger partial charge in [-0.2, -0.15) is 5.10 Å². The first-order valence-electron chi connectivity index (χ1n) is 6.80. The molecule has 20 heavy (non-hydrogen) atoms. The van der Waals surface area contributed by atoms with Crippen molar-refractivity contribution in [1.29, 1.82) is 0 Å². The maximum absolute atomic E-state index is 6.19. The van der Waals surface area contributed by atoms with Crippen LogP contribution in [0.2, 0.25) is 0 Å². The lowest BCUT2D eigenvalue weighted by atomic mass is 9.97. The van der Waals surface area contributed by atoms with Crippen LogP contribution in [0.25, 0.3) is 21.7 Å². The molecule has 0 fully saturated rings. The number of rotatable bonds is 1. The van der Waals surface area contributed by atoms with Crippen molar-refractivity contribution in [3.8, 4) is 11.5 Å². The van der Waals surface area contributed by atoms with E-state index in [0.717, 1.165) is 28.8 Å². The summed E-state index contributed by atoms with van der Waals surface area (Å²) in [6, 6.07) is 1.91. The molecular weight excluding hydrogens is 270 g/mol. The molecule has 4 rings (SSSR count). The average molecular weight is 285 g/mol. The van der Waals surface area contributed by atoms with Crippen LogP contribution >= 0.6 is 11.3 Å². The lowest BCUT2D eigenvalue weighted by Crippen LogP contribution is -2.01. The van der Waals surface area contributed by atoms with E-state index in [-0.39, 0.29) is 0 Å². The summed E-state index contributed by atoms with van der Waals surface area (Å²) in [7, 11) is 1.88. The predicted molar refractivity (Wildman–Crippen MR) is 80.7 cm³/mol. The summed E-state index contributed by atoms with van der Waals surface area (Å²) in [5, 5.41) is 5.42. The molecule has 1 aliphatic rings. The number of nitrogen functional groups attached to an aromatic ring is 1. The summed E-state index contributed by atoms with van der Waals surface area (Å²) >= 11 is 1.76. The normalized spacial score (nSPS) is 14.7. The topological polar surface area (TPSA) is 69.6 Å². The maximum atomic E-state index is 6.19. The van der Waals surface area contributed by atoms with E-state index in [1.807, 2.05) is 19.3 Å². The van der Waals surface area contributed by atoms with E-state index in [0.29, 0.717) is 11.6 Å². The fourth-order valence-corrected chi connectivity index (χ4v) is 4.10. The van der Waals surface area contributed by atoms with E-state index in [2.05, 4.69) is 15.1 Å². The van der Waals surface area contributed by atoms with Gasteiger partial charge in [0.15, 0.2) is 5.82 Å². The zero-order valence-electron chi connectivity index (χ0n) is 11.3. The standard InChI is InChI=1S/C14H15N5S/c1-19-7-6-9(18-19)13-16-12(15)11-8-4-2-3-5-10(8)20-14(11)17-13/h6-7H,2-5H2,1H3,(H2,15,16,17). The first kappa shape index (κ1) is 11.8. The summed E-state index contributed by atoms with van der Waals surface area (Å²) in [4.78, 5) is 11.6. The average Bonchev–Trinajstić information content (AvgIpc) is 3.01. The highest BCUT2D eigenvalue weighted by Crippen LogP contribution is 2.38. The van der Waals surface area contributed by atoms with Gasteiger partial charge >= 0.3 is 0 Å². The Balaban J connectivity index is 1.94. The molecule has 2 N–H and O–H groups in total. The van der Waals surface area contributed by atoms with Gasteiger partial charge in [-0.3, -0.25) is 4.68 Å². The van der Waals surface area contributed by atoms with Gasteiger partial charge in [-0.05, 0) is 37.3 Å². The zero-order chi connectivity index (χ0) is 13.7. The lowest BCUT2D eigenvalue weighted by molar-refractivity contribution is 0.700. The van der Waals surface area contributed by atoms with Gasteiger partial charge in [-0.15, -0.1) is 11.3 Å². The summed E-state index contributed by atoms with van der Waals surface area (Å²) in [6.45, 7) is 0. The Morgan fingerprint density at radius 2 is 2.10 bits per heavy atom. The van der Waals surface area contributed by atoms with Gasteiger partial charge in [-0.25, -0.2) is 9.97 Å². The second-order valence-electron chi connectivity index (χ2n) is 5.20. The molecule has 0 saturated heterocycles. The van der Waals surface area contributed by atoms with Gasteiger partial charge < -0.3 is 5.73 Å². The van der Waals surface area contributed by atoms with Crippen molar-refractivity contribution in [2.24, 2.45) is 7.05 Å². The van der Waals surface area contributed by atoms with E-state index < -0.39 is 0 Å². The fourth-order valence-electron chi connectivity index (χ4n) is 2.83. The monoisotopic (exact) mass is 285 g/mol. The van der Waals surface area contributed by atoms with Crippen LogP contribution in [0.4, 0.5) is 5.82 Å². The highest BCUT2D eigenvalue weighted by molar-refractivity contribution is 7.19. The maximum Gasteiger partial charge on any atom is 0.183 e. The van der Waals surface area contributed by atoms with E-state index in [1.165, 1.54) is 23.3 Å². The van der Waals surface area contributed by atoms with Crippen LogP contribution in [0.3, 0.4) is 0 Å². The van der Waals surface area contributed by atoms with Crippen molar-refractivity contribution < 1.29 is 0 Å². The Labute approximate surface area is 120 Å². The Hall–Kier alpha value is -1.95. The molecule has 0 unspecified atom stereocenters. The minimum absolute atomic E-state index is 0.593. The number of hydrogen-bond donors (Lipinski definition) is 1. The van der Waals surface area contributed by atoms with E-state index in [9.17, 15) is 0 Å². The van der Waals surface area contributed by atoms with Gasteiger partial charge in [0, 0.05) is 18.1 Å². The zero-order valence-corrected chi connectivity index (χ0v) is 12.1. The van der Waals surface area contributed by atoms with Crippen LogP contribution in [0, 0.1) is 0 Å². The molecule has 0 saturated carbocycles. The summed E-state index contributed by atoms with van der Waals surface area (Å²) in [6.07, 6.45) is 6.64. The molecule has 6 heteroatoms. The number of nitrogens with two attached hydrogens (primary N) is 1. The molecule has 0 spiro atoms. The SMILES string of the molecule is Cn1ccc(-c2nc(N)c3c4c(sc3n2)CCCC4)n1. The molecule has 0 aliphatic heterocycles. The third-order valence-corrected chi connectivity index (χ3v) is 4.97. The number of anilines is 1. The fraction of sp³-hybridized carbons (Fsp3) is 0.357. The molecule has 5 nitrogen and oxygen atoms in total. The minimum Gasteiger partial charge on any atom is -0.383 e. The van der Waals surface area contributed by atoms with Crippen LogP contribution in [0.5, 0.6) is 0 Å². The third-order valence-electron chi connectivity index (χ3n) is 3.79. The largest absolute Gasteiger partial charge is 0.383 e. The number of thiophene rings is 1. The molecule has 3 aromatic rings. The van der Waals surface area contributed by atoms with Crippen LogP contribution in [-0.2, 0) is 19.9 Å². The van der Waals surface area contributed by atoms with E-state index >= 15 is 0 Å². The highest BCUT2D eigenvalue weighted by atomic mass is 32.1. The molecular formula is C14H15N5S. The number of nitrogens with zero attached hydrogens (tertiary/aromatic N) is 4. The van der Waals surface area contributed by atoms with Crippen LogP contribution < -0.4 is 5.73 Å². The summed E-state index contributed by atoms with van der Waals surface area (Å²) in [5.41, 5.74) is 8.34. The second-order valence-corrected chi connectivity index (χ2v) is 6.28. The quantitative estimate of drug-likeness (QED) is 0.746. The molecule has 0 radical (unpaired) electrons. The predicted octanol–water partition coefficient (Wildman–Crippen LogP) is 2.55. The van der Waals surface area contributed by atoms with Crippen LogP contribution in [0.1, 0.15) is 23.3 Å². The number of hydrogen-bond acceptors (Lipinski definition) is 5. The Bertz CT molecular complexity index is 801. The number of aryl methyl sites for hydroxylation is 3. The molecule has 0 atom stereocenters. The molecule has 0 aromatic carbocycles. The van der Waals surface area contributed by atoms with Gasteiger partial charge in [0.05, 0.1) is 5.39 Å². The van der Waals surface area contributed by atoms with Crippen molar-refractivity contribution in [3.05, 3.63) is 22.7 Å². The molecule has 0 bridgehead atoms. The van der Waals surface area contributed by atoms with Gasteiger partial charge in [0.2, 0.25) is 0 Å². The van der Waals surface area contributed by atoms with Gasteiger partial charge in [-0.1, -0.05) is 0 Å². The van der Waals surface area contributed by atoms with E-state index in [1.54, 1.807) is 16.0 Å². The van der Waals surface area contributed by atoms with Gasteiger partial charge in [0.1, 0.15) is 16.3 Å². The van der Waals surface area contributed by atoms with Gasteiger partial charge in [0.25, 0.3) is 0 Å².